The summed E-state index contributed by atoms with van der Waals surface area (Å²) in [6, 6.07) is 14.9. The molecule has 2 heteroatoms. The van der Waals surface area contributed by atoms with Crippen molar-refractivity contribution >= 4 is 5.57 Å². The van der Waals surface area contributed by atoms with Crippen LogP contribution in [0.3, 0.4) is 0 Å². The Morgan fingerprint density at radius 2 is 1.30 bits per heavy atom. The molecule has 0 saturated heterocycles. The molecular weight excluding hydrogens is 368 g/mol. The van der Waals surface area contributed by atoms with E-state index in [0.29, 0.717) is 0 Å². The van der Waals surface area contributed by atoms with Crippen molar-refractivity contribution in [3.05, 3.63) is 113 Å². The van der Waals surface area contributed by atoms with Crippen LogP contribution < -0.4 is 0 Å². The maximum Gasteiger partial charge on any atom is 0.115 e. The zero-order valence-electron chi connectivity index (χ0n) is 17.2. The van der Waals surface area contributed by atoms with Gasteiger partial charge in [-0.15, -0.1) is 0 Å². The van der Waals surface area contributed by atoms with Gasteiger partial charge in [-0.1, -0.05) is 66.3 Å². The molecule has 30 heavy (non-hydrogen) atoms. The predicted octanol–water partition coefficient (Wildman–Crippen LogP) is 7.23. The zero-order valence-corrected chi connectivity index (χ0v) is 17.2. The van der Waals surface area contributed by atoms with Crippen LogP contribution in [0.2, 0.25) is 0 Å². The predicted molar refractivity (Wildman–Crippen MR) is 124 cm³/mol. The first-order valence-electron chi connectivity index (χ1n) is 10.7. The molecule has 0 spiro atoms. The molecule has 0 bridgehead atoms. The topological polar surface area (TPSA) is 40.5 Å². The average Bonchev–Trinajstić information content (AvgIpc) is 3.47. The van der Waals surface area contributed by atoms with Crippen LogP contribution in [0.15, 0.2) is 102 Å². The highest BCUT2D eigenvalue weighted by Gasteiger charge is 2.17. The van der Waals surface area contributed by atoms with Crippen LogP contribution in [0.4, 0.5) is 0 Å². The van der Waals surface area contributed by atoms with Gasteiger partial charge in [0.1, 0.15) is 11.5 Å². The molecule has 2 aromatic rings. The lowest BCUT2D eigenvalue weighted by molar-refractivity contribution is 0.475. The molecule has 0 heterocycles. The molecule has 152 valence electrons. The minimum absolute atomic E-state index is 0.269. The van der Waals surface area contributed by atoms with Crippen LogP contribution in [-0.4, -0.2) is 10.2 Å². The van der Waals surface area contributed by atoms with E-state index < -0.39 is 0 Å². The van der Waals surface area contributed by atoms with Crippen molar-refractivity contribution < 1.29 is 10.2 Å². The fourth-order valence-corrected chi connectivity index (χ4v) is 4.22. The first-order valence-corrected chi connectivity index (χ1v) is 10.7. The molecule has 0 amide bonds. The van der Waals surface area contributed by atoms with Gasteiger partial charge in [0.2, 0.25) is 0 Å². The first-order chi connectivity index (χ1) is 14.7. The average molecular weight is 397 g/mol. The molecule has 0 fully saturated rings. The number of rotatable bonds is 8. The van der Waals surface area contributed by atoms with Crippen molar-refractivity contribution in [3.8, 4) is 11.5 Å². The van der Waals surface area contributed by atoms with Crippen LogP contribution >= 0.6 is 0 Å². The Kier molecular flexibility index (Phi) is 6.34. The van der Waals surface area contributed by atoms with Crippen LogP contribution in [0.5, 0.6) is 11.5 Å². The summed E-state index contributed by atoms with van der Waals surface area (Å²) in [5.41, 5.74) is 7.60. The van der Waals surface area contributed by atoms with Gasteiger partial charge in [-0.25, -0.2) is 0 Å². The molecule has 2 nitrogen and oxygen atoms in total. The number of phenolic OH excluding ortho intramolecular Hbond substituents is 2. The van der Waals surface area contributed by atoms with Gasteiger partial charge >= 0.3 is 0 Å². The molecule has 0 unspecified atom stereocenters. The molecular formula is C28H28O2. The van der Waals surface area contributed by atoms with Gasteiger partial charge in [-0.05, 0) is 90.6 Å². The van der Waals surface area contributed by atoms with E-state index in [4.69, 9.17) is 0 Å². The third-order valence-electron chi connectivity index (χ3n) is 5.80. The summed E-state index contributed by atoms with van der Waals surface area (Å²) in [6.07, 6.45) is 19.7. The largest absolute Gasteiger partial charge is 0.508 e. The number of allylic oxidation sites excluding steroid dienone is 9. The Morgan fingerprint density at radius 3 is 1.83 bits per heavy atom. The summed E-state index contributed by atoms with van der Waals surface area (Å²) in [6.45, 7) is 0. The van der Waals surface area contributed by atoms with Crippen molar-refractivity contribution in [1.82, 2.24) is 0 Å². The van der Waals surface area contributed by atoms with E-state index in [0.717, 1.165) is 43.2 Å². The second-order valence-corrected chi connectivity index (χ2v) is 7.94. The Morgan fingerprint density at radius 1 is 0.700 bits per heavy atom. The molecule has 0 saturated carbocycles. The highest BCUT2D eigenvalue weighted by molar-refractivity contribution is 5.85. The molecule has 0 atom stereocenters. The molecule has 0 aromatic heterocycles. The number of benzene rings is 2. The Bertz CT molecular complexity index is 982. The van der Waals surface area contributed by atoms with Crippen molar-refractivity contribution in [2.75, 3.05) is 0 Å². The van der Waals surface area contributed by atoms with Crippen LogP contribution in [0.1, 0.15) is 49.7 Å². The fraction of sp³-hybridized carbons (Fsp3) is 0.214. The fourth-order valence-electron chi connectivity index (χ4n) is 4.22. The maximum atomic E-state index is 9.79. The van der Waals surface area contributed by atoms with E-state index >= 15 is 0 Å². The quantitative estimate of drug-likeness (QED) is 0.462. The molecule has 4 rings (SSSR count). The second-order valence-electron chi connectivity index (χ2n) is 7.94. The number of hydrogen-bond donors (Lipinski definition) is 2. The van der Waals surface area contributed by atoms with Gasteiger partial charge in [0, 0.05) is 0 Å². The molecule has 2 aliphatic carbocycles. The zero-order chi connectivity index (χ0) is 20.8. The molecule has 2 N–H and O–H groups in total. The first kappa shape index (κ1) is 20.0. The minimum Gasteiger partial charge on any atom is -0.508 e. The highest BCUT2D eigenvalue weighted by Crippen LogP contribution is 2.37. The lowest BCUT2D eigenvalue weighted by Crippen LogP contribution is -1.99. The normalized spacial score (nSPS) is 14.7. The van der Waals surface area contributed by atoms with Crippen molar-refractivity contribution in [1.29, 1.82) is 0 Å². The number of unbranched alkanes of at least 4 members (excludes halogenated alkanes) is 1. The Labute approximate surface area is 178 Å². The van der Waals surface area contributed by atoms with E-state index in [1.165, 1.54) is 28.7 Å². The van der Waals surface area contributed by atoms with Crippen LogP contribution in [-0.2, 0) is 0 Å². The van der Waals surface area contributed by atoms with Crippen molar-refractivity contribution in [2.45, 2.75) is 38.5 Å². The van der Waals surface area contributed by atoms with E-state index in [2.05, 4.69) is 36.5 Å². The van der Waals surface area contributed by atoms with Gasteiger partial charge in [-0.3, -0.25) is 0 Å². The van der Waals surface area contributed by atoms with Gasteiger partial charge in [0.25, 0.3) is 0 Å². The lowest BCUT2D eigenvalue weighted by Gasteiger charge is -2.19. The molecule has 0 aliphatic heterocycles. The van der Waals surface area contributed by atoms with Gasteiger partial charge in [0.15, 0.2) is 0 Å². The molecule has 2 aliphatic rings. The minimum atomic E-state index is 0.269. The Hall–Kier alpha value is -3.26. The summed E-state index contributed by atoms with van der Waals surface area (Å²) in [7, 11) is 0. The second kappa shape index (κ2) is 9.49. The standard InChI is InChI=1S/C28H28O2/c29-25-17-13-23(14-18-25)28(24-15-19-26(30)20-16-24)27(22-10-4-5-11-22)12-6-3-9-21-7-1-2-8-21/h1-2,4-5,7,10,13-20,29-30H,3,6,8-9,11-12H2. The van der Waals surface area contributed by atoms with Gasteiger partial charge in [0.05, 0.1) is 0 Å². The monoisotopic (exact) mass is 396 g/mol. The lowest BCUT2D eigenvalue weighted by atomic mass is 9.86. The molecule has 2 aromatic carbocycles. The number of aromatic hydroxyl groups is 2. The Balaban J connectivity index is 1.68. The maximum absolute atomic E-state index is 9.79. The third-order valence-corrected chi connectivity index (χ3v) is 5.80. The van der Waals surface area contributed by atoms with Gasteiger partial charge < -0.3 is 10.2 Å². The summed E-state index contributed by atoms with van der Waals surface area (Å²) in [5.74, 6) is 0.538. The van der Waals surface area contributed by atoms with E-state index in [9.17, 15) is 10.2 Å². The van der Waals surface area contributed by atoms with Crippen molar-refractivity contribution in [3.63, 3.8) is 0 Å². The van der Waals surface area contributed by atoms with Gasteiger partial charge in [-0.2, -0.15) is 0 Å². The van der Waals surface area contributed by atoms with Crippen LogP contribution in [0.25, 0.3) is 5.57 Å². The SMILES string of the molecule is Oc1ccc(C(=C(CCCCC2=CC=CC2)C2=CC=CC2)c2ccc(O)cc2)cc1. The number of hydrogen-bond acceptors (Lipinski definition) is 2. The summed E-state index contributed by atoms with van der Waals surface area (Å²) in [4.78, 5) is 0. The van der Waals surface area contributed by atoms with E-state index in [1.807, 2.05) is 24.3 Å². The smallest absolute Gasteiger partial charge is 0.115 e. The number of phenols is 2. The van der Waals surface area contributed by atoms with E-state index in [1.54, 1.807) is 24.3 Å². The van der Waals surface area contributed by atoms with Crippen molar-refractivity contribution in [2.24, 2.45) is 0 Å². The van der Waals surface area contributed by atoms with E-state index in [-0.39, 0.29) is 11.5 Å². The summed E-state index contributed by atoms with van der Waals surface area (Å²) >= 11 is 0. The van der Waals surface area contributed by atoms with Crippen LogP contribution in [0, 0.1) is 0 Å². The highest BCUT2D eigenvalue weighted by atomic mass is 16.3. The summed E-state index contributed by atoms with van der Waals surface area (Å²) in [5, 5.41) is 19.6. The summed E-state index contributed by atoms with van der Waals surface area (Å²) < 4.78 is 0. The third kappa shape index (κ3) is 4.83. The molecule has 0 radical (unpaired) electrons.